The monoisotopic (exact) mass is 400 g/mol. The molecule has 1 N–H and O–H groups in total. The van der Waals surface area contributed by atoms with E-state index in [-0.39, 0.29) is 11.7 Å². The summed E-state index contributed by atoms with van der Waals surface area (Å²) in [6.45, 7) is 1.89. The summed E-state index contributed by atoms with van der Waals surface area (Å²) < 4.78 is 11.1. The highest BCUT2D eigenvalue weighted by molar-refractivity contribution is 6.00. The first kappa shape index (κ1) is 19.8. The zero-order valence-corrected chi connectivity index (χ0v) is 17.4. The van der Waals surface area contributed by atoms with E-state index in [1.165, 1.54) is 0 Å². The second-order valence-corrected chi connectivity index (χ2v) is 7.62. The van der Waals surface area contributed by atoms with Gasteiger partial charge < -0.3 is 14.8 Å². The maximum absolute atomic E-state index is 13.4. The number of hydrogen-bond acceptors (Lipinski definition) is 5. The summed E-state index contributed by atoms with van der Waals surface area (Å²) in [5, 5.41) is 13.3. The first-order valence-electron chi connectivity index (χ1n) is 9.99. The smallest absolute Gasteiger partial charge is 0.164 e. The maximum atomic E-state index is 13.4. The summed E-state index contributed by atoms with van der Waals surface area (Å²) in [5.41, 5.74) is 4.79. The number of dihydropyridines is 1. The molecule has 0 saturated carbocycles. The van der Waals surface area contributed by atoms with Crippen molar-refractivity contribution in [1.82, 2.24) is 5.32 Å². The van der Waals surface area contributed by atoms with Crippen LogP contribution in [0.2, 0.25) is 0 Å². The van der Waals surface area contributed by atoms with Crippen molar-refractivity contribution in [2.75, 3.05) is 14.2 Å². The number of rotatable bonds is 4. The summed E-state index contributed by atoms with van der Waals surface area (Å²) in [6, 6.07) is 18.0. The number of carbonyl (C=O) groups excluding carboxylic acids is 1. The molecule has 0 amide bonds. The van der Waals surface area contributed by atoms with Gasteiger partial charge in [0.1, 0.15) is 0 Å². The fraction of sp³-hybridized carbons (Fsp3) is 0.280. The number of nitrogens with one attached hydrogen (secondary N) is 1. The number of nitriles is 1. The van der Waals surface area contributed by atoms with Crippen LogP contribution in [0.5, 0.6) is 11.5 Å². The van der Waals surface area contributed by atoms with E-state index < -0.39 is 5.92 Å². The van der Waals surface area contributed by atoms with Gasteiger partial charge in [-0.05, 0) is 30.9 Å². The van der Waals surface area contributed by atoms with Crippen molar-refractivity contribution >= 4 is 5.78 Å². The lowest BCUT2D eigenvalue weighted by Crippen LogP contribution is -2.33. The van der Waals surface area contributed by atoms with E-state index in [1.54, 1.807) is 14.2 Å². The largest absolute Gasteiger partial charge is 0.493 e. The molecule has 2 aromatic carbocycles. The zero-order valence-electron chi connectivity index (χ0n) is 17.4. The van der Waals surface area contributed by atoms with Gasteiger partial charge in [-0.3, -0.25) is 4.79 Å². The maximum Gasteiger partial charge on any atom is 0.164 e. The Morgan fingerprint density at radius 3 is 2.47 bits per heavy atom. The van der Waals surface area contributed by atoms with Crippen LogP contribution in [-0.4, -0.2) is 20.0 Å². The summed E-state index contributed by atoms with van der Waals surface area (Å²) in [7, 11) is 3.16. The highest BCUT2D eigenvalue weighted by Gasteiger charge is 2.40. The average molecular weight is 400 g/mol. The fourth-order valence-corrected chi connectivity index (χ4v) is 4.60. The minimum atomic E-state index is -0.472. The summed E-state index contributed by atoms with van der Waals surface area (Å²) in [5.74, 6) is 0.843. The molecule has 30 heavy (non-hydrogen) atoms. The Labute approximate surface area is 176 Å². The third-order valence-corrected chi connectivity index (χ3v) is 5.96. The second kappa shape index (κ2) is 8.08. The van der Waals surface area contributed by atoms with E-state index >= 15 is 0 Å². The van der Waals surface area contributed by atoms with Gasteiger partial charge in [0, 0.05) is 29.0 Å². The van der Waals surface area contributed by atoms with Crippen molar-refractivity contribution < 1.29 is 14.3 Å². The number of carbonyl (C=O) groups is 1. The third kappa shape index (κ3) is 3.25. The van der Waals surface area contributed by atoms with Crippen molar-refractivity contribution in [2.24, 2.45) is 0 Å². The Morgan fingerprint density at radius 1 is 1.03 bits per heavy atom. The number of hydrogen-bond donors (Lipinski definition) is 1. The number of benzene rings is 2. The molecule has 0 fully saturated rings. The number of Topliss-reactive ketones (excluding diaryl/α,β-unsaturated/α-hetero) is 1. The number of para-hydroxylation sites is 1. The lowest BCUT2D eigenvalue weighted by atomic mass is 9.72. The molecule has 0 aromatic heterocycles. The third-order valence-electron chi connectivity index (χ3n) is 5.96. The molecule has 2 atom stereocenters. The van der Waals surface area contributed by atoms with E-state index in [0.29, 0.717) is 29.1 Å². The van der Waals surface area contributed by atoms with Gasteiger partial charge in [0.05, 0.1) is 31.8 Å². The van der Waals surface area contributed by atoms with Crippen LogP contribution in [-0.2, 0) is 4.79 Å². The van der Waals surface area contributed by atoms with Crippen LogP contribution < -0.4 is 14.8 Å². The van der Waals surface area contributed by atoms with Gasteiger partial charge >= 0.3 is 0 Å². The van der Waals surface area contributed by atoms with Gasteiger partial charge in [0.25, 0.3) is 0 Å². The van der Waals surface area contributed by atoms with Crippen molar-refractivity contribution in [3.8, 4) is 17.6 Å². The first-order chi connectivity index (χ1) is 14.6. The van der Waals surface area contributed by atoms with Crippen molar-refractivity contribution in [3.05, 3.63) is 82.2 Å². The van der Waals surface area contributed by atoms with Crippen molar-refractivity contribution in [3.63, 3.8) is 0 Å². The van der Waals surface area contributed by atoms with Gasteiger partial charge in [-0.1, -0.05) is 42.5 Å². The zero-order chi connectivity index (χ0) is 21.3. The lowest BCUT2D eigenvalue weighted by molar-refractivity contribution is -0.116. The van der Waals surface area contributed by atoms with Crippen molar-refractivity contribution in [1.29, 1.82) is 5.26 Å². The second-order valence-electron chi connectivity index (χ2n) is 7.62. The molecule has 0 saturated heterocycles. The van der Waals surface area contributed by atoms with Crippen LogP contribution >= 0.6 is 0 Å². The lowest BCUT2D eigenvalue weighted by Gasteiger charge is -2.36. The molecule has 1 heterocycles. The molecule has 0 bridgehead atoms. The number of ketones is 1. The van der Waals surface area contributed by atoms with Gasteiger partial charge in [-0.2, -0.15) is 5.26 Å². The molecule has 4 rings (SSSR count). The summed E-state index contributed by atoms with van der Waals surface area (Å²) >= 11 is 0. The predicted molar refractivity (Wildman–Crippen MR) is 114 cm³/mol. The average Bonchev–Trinajstić information content (AvgIpc) is 2.77. The van der Waals surface area contributed by atoms with Crippen LogP contribution in [0, 0.1) is 11.3 Å². The number of methoxy groups -OCH3 is 2. The van der Waals surface area contributed by atoms with Gasteiger partial charge in [-0.25, -0.2) is 0 Å². The number of ether oxygens (including phenoxy) is 2. The van der Waals surface area contributed by atoms with Crippen LogP contribution in [0.3, 0.4) is 0 Å². The molecule has 0 unspecified atom stereocenters. The Bertz CT molecular complexity index is 1090. The molecular weight excluding hydrogens is 376 g/mol. The van der Waals surface area contributed by atoms with Gasteiger partial charge in [0.15, 0.2) is 17.3 Å². The van der Waals surface area contributed by atoms with Crippen LogP contribution in [0.1, 0.15) is 42.7 Å². The molecule has 2 aromatic rings. The Kier molecular flexibility index (Phi) is 5.33. The standard InChI is InChI=1S/C25H24N2O3/c1-15-19(14-26)23(18-10-7-11-22(29-2)25(18)30-3)24-20(27-15)12-17(13-21(24)28)16-8-5-4-6-9-16/h4-11,17,23,27H,12-13H2,1-3H3/t17-,23+/m0/s1. The minimum Gasteiger partial charge on any atom is -0.493 e. The molecule has 0 spiro atoms. The topological polar surface area (TPSA) is 71.3 Å². The van der Waals surface area contributed by atoms with Crippen molar-refractivity contribution in [2.45, 2.75) is 31.6 Å². The Balaban J connectivity index is 1.85. The molecule has 5 nitrogen and oxygen atoms in total. The quantitative estimate of drug-likeness (QED) is 0.813. The van der Waals surface area contributed by atoms with E-state index in [0.717, 1.165) is 28.9 Å². The Morgan fingerprint density at radius 2 is 1.80 bits per heavy atom. The van der Waals surface area contributed by atoms with Crippen LogP contribution in [0.25, 0.3) is 0 Å². The molecule has 5 heteroatoms. The molecule has 1 aliphatic heterocycles. The van der Waals surface area contributed by atoms with Crippen LogP contribution in [0.15, 0.2) is 71.1 Å². The van der Waals surface area contributed by atoms with E-state index in [4.69, 9.17) is 9.47 Å². The minimum absolute atomic E-state index is 0.0627. The predicted octanol–water partition coefficient (Wildman–Crippen LogP) is 4.59. The Hall–Kier alpha value is -3.52. The highest BCUT2D eigenvalue weighted by atomic mass is 16.5. The normalized spacial score (nSPS) is 20.9. The SMILES string of the molecule is COc1cccc([C@@H]2C(C#N)=C(C)NC3=C2C(=O)C[C@@H](c2ccccc2)C3)c1OC. The first-order valence-corrected chi connectivity index (χ1v) is 9.99. The molecule has 1 aliphatic carbocycles. The highest BCUT2D eigenvalue weighted by Crippen LogP contribution is 2.48. The van der Waals surface area contributed by atoms with E-state index in [2.05, 4.69) is 23.5 Å². The molecular formula is C25H24N2O3. The summed E-state index contributed by atoms with van der Waals surface area (Å²) in [4.78, 5) is 13.4. The van der Waals surface area contributed by atoms with Crippen LogP contribution in [0.4, 0.5) is 0 Å². The number of allylic oxidation sites excluding steroid dienone is 4. The molecule has 0 radical (unpaired) electrons. The molecule has 152 valence electrons. The van der Waals surface area contributed by atoms with E-state index in [1.807, 2.05) is 43.3 Å². The summed E-state index contributed by atoms with van der Waals surface area (Å²) in [6.07, 6.45) is 1.15. The van der Waals surface area contributed by atoms with Gasteiger partial charge in [0.2, 0.25) is 0 Å². The van der Waals surface area contributed by atoms with Gasteiger partial charge in [-0.15, -0.1) is 0 Å². The van der Waals surface area contributed by atoms with E-state index in [9.17, 15) is 10.1 Å². The fourth-order valence-electron chi connectivity index (χ4n) is 4.60. The molecule has 2 aliphatic rings. The number of nitrogens with zero attached hydrogens (tertiary/aromatic N) is 1.